The third kappa shape index (κ3) is 2.82. The number of furan rings is 1. The van der Waals surface area contributed by atoms with E-state index in [4.69, 9.17) is 9.15 Å². The average Bonchev–Trinajstić information content (AvgIpc) is 3.12. The van der Waals surface area contributed by atoms with Crippen molar-refractivity contribution in [2.75, 3.05) is 7.11 Å². The molecule has 0 aliphatic rings. The van der Waals surface area contributed by atoms with Crippen LogP contribution in [0.25, 0.3) is 10.9 Å². The first-order valence-electron chi connectivity index (χ1n) is 7.50. The molecule has 0 spiro atoms. The number of H-pyrrole nitrogens is 1. The number of methoxy groups -OCH3 is 1. The first-order chi connectivity index (χ1) is 11.0. The number of amides is 1. The van der Waals surface area contributed by atoms with Gasteiger partial charge in [0.1, 0.15) is 0 Å². The molecule has 23 heavy (non-hydrogen) atoms. The van der Waals surface area contributed by atoms with Crippen LogP contribution in [-0.2, 0) is 6.54 Å². The fourth-order valence-electron chi connectivity index (χ4n) is 2.74. The van der Waals surface area contributed by atoms with Crippen molar-refractivity contribution in [1.29, 1.82) is 0 Å². The van der Waals surface area contributed by atoms with Crippen molar-refractivity contribution >= 4 is 16.8 Å². The summed E-state index contributed by atoms with van der Waals surface area (Å²) in [5.41, 5.74) is 5.69. The van der Waals surface area contributed by atoms with Crippen molar-refractivity contribution < 1.29 is 13.9 Å². The molecule has 5 nitrogen and oxygen atoms in total. The molecule has 0 unspecified atom stereocenters. The Balaban J connectivity index is 1.84. The van der Waals surface area contributed by atoms with E-state index in [1.165, 1.54) is 23.6 Å². The third-order valence-electron chi connectivity index (χ3n) is 4.09. The fourth-order valence-corrected chi connectivity index (χ4v) is 2.74. The summed E-state index contributed by atoms with van der Waals surface area (Å²) in [5, 5.41) is 4.09. The van der Waals surface area contributed by atoms with Crippen molar-refractivity contribution in [2.24, 2.45) is 0 Å². The maximum absolute atomic E-state index is 12.2. The molecule has 3 rings (SSSR count). The summed E-state index contributed by atoms with van der Waals surface area (Å²) in [6, 6.07) is 7.47. The maximum atomic E-state index is 12.2. The Bertz CT molecular complexity index is 874. The van der Waals surface area contributed by atoms with Crippen LogP contribution in [0, 0.1) is 20.8 Å². The average molecular weight is 312 g/mol. The van der Waals surface area contributed by atoms with Crippen LogP contribution in [0.15, 0.2) is 28.7 Å². The fraction of sp³-hybridized carbons (Fsp3) is 0.278. The van der Waals surface area contributed by atoms with Crippen molar-refractivity contribution in [3.63, 3.8) is 0 Å². The van der Waals surface area contributed by atoms with Gasteiger partial charge in [0.25, 0.3) is 11.9 Å². The smallest absolute Gasteiger partial charge is 0.287 e. The van der Waals surface area contributed by atoms with Crippen LogP contribution in [0.1, 0.15) is 32.9 Å². The van der Waals surface area contributed by atoms with E-state index in [2.05, 4.69) is 43.2 Å². The second-order valence-electron chi connectivity index (χ2n) is 5.73. The highest BCUT2D eigenvalue weighted by molar-refractivity contribution is 5.92. The van der Waals surface area contributed by atoms with Gasteiger partial charge in [-0.2, -0.15) is 0 Å². The minimum atomic E-state index is -0.261. The lowest BCUT2D eigenvalue weighted by atomic mass is 10.0. The van der Waals surface area contributed by atoms with Crippen LogP contribution in [0.5, 0.6) is 5.95 Å². The predicted molar refractivity (Wildman–Crippen MR) is 88.9 cm³/mol. The summed E-state index contributed by atoms with van der Waals surface area (Å²) in [6.07, 6.45) is 0. The van der Waals surface area contributed by atoms with E-state index in [1.54, 1.807) is 12.1 Å². The SMILES string of the molecule is COc1ccc(C(=O)NCc2cc(C)cc3c(C)c(C)[nH]c23)o1. The normalized spacial score (nSPS) is 11.0. The van der Waals surface area contributed by atoms with Gasteiger partial charge in [0.2, 0.25) is 0 Å². The van der Waals surface area contributed by atoms with E-state index in [0.29, 0.717) is 12.5 Å². The number of aromatic nitrogens is 1. The Hall–Kier alpha value is -2.69. The highest BCUT2D eigenvalue weighted by Crippen LogP contribution is 2.26. The van der Waals surface area contributed by atoms with Crippen LogP contribution in [0.3, 0.4) is 0 Å². The molecule has 3 aromatic rings. The number of nitrogens with one attached hydrogen (secondary N) is 2. The van der Waals surface area contributed by atoms with E-state index < -0.39 is 0 Å². The largest absolute Gasteiger partial charge is 0.468 e. The zero-order chi connectivity index (χ0) is 16.6. The molecule has 120 valence electrons. The Kier molecular flexibility index (Phi) is 3.86. The summed E-state index contributed by atoms with van der Waals surface area (Å²) in [4.78, 5) is 15.6. The lowest BCUT2D eigenvalue weighted by Gasteiger charge is -2.07. The Morgan fingerprint density at radius 2 is 2.04 bits per heavy atom. The van der Waals surface area contributed by atoms with Crippen LogP contribution in [-0.4, -0.2) is 18.0 Å². The zero-order valence-corrected chi connectivity index (χ0v) is 13.7. The zero-order valence-electron chi connectivity index (χ0n) is 13.7. The molecule has 2 N–H and O–H groups in total. The topological polar surface area (TPSA) is 67.3 Å². The molecule has 1 amide bonds. The standard InChI is InChI=1S/C18H20N2O3/c1-10-7-13(17-14(8-10)11(2)12(3)20-17)9-19-18(21)15-5-6-16(22-4)23-15/h5-8,20H,9H2,1-4H3,(H,19,21). The number of hydrogen-bond acceptors (Lipinski definition) is 3. The van der Waals surface area contributed by atoms with Crippen molar-refractivity contribution in [1.82, 2.24) is 10.3 Å². The minimum absolute atomic E-state index is 0.240. The van der Waals surface area contributed by atoms with Crippen molar-refractivity contribution in [3.05, 3.63) is 52.4 Å². The lowest BCUT2D eigenvalue weighted by molar-refractivity contribution is 0.0917. The molecule has 0 saturated carbocycles. The molecule has 0 atom stereocenters. The van der Waals surface area contributed by atoms with E-state index in [1.807, 2.05) is 0 Å². The molecule has 0 aliphatic heterocycles. The van der Waals surface area contributed by atoms with Crippen LogP contribution in [0.4, 0.5) is 0 Å². The number of carbonyl (C=O) groups is 1. The molecule has 0 fully saturated rings. The Morgan fingerprint density at radius 3 is 2.74 bits per heavy atom. The summed E-state index contributed by atoms with van der Waals surface area (Å²) in [7, 11) is 1.50. The van der Waals surface area contributed by atoms with Crippen LogP contribution < -0.4 is 10.1 Å². The monoisotopic (exact) mass is 312 g/mol. The van der Waals surface area contributed by atoms with E-state index in [9.17, 15) is 4.79 Å². The Labute approximate surface area is 134 Å². The Morgan fingerprint density at radius 1 is 1.26 bits per heavy atom. The summed E-state index contributed by atoms with van der Waals surface area (Å²) in [6.45, 7) is 6.65. The summed E-state index contributed by atoms with van der Waals surface area (Å²) < 4.78 is 10.2. The molecule has 5 heteroatoms. The van der Waals surface area contributed by atoms with Gasteiger partial charge in [0, 0.05) is 23.7 Å². The first kappa shape index (κ1) is 15.2. The highest BCUT2D eigenvalue weighted by Gasteiger charge is 2.13. The summed E-state index contributed by atoms with van der Waals surface area (Å²) >= 11 is 0. The number of hydrogen-bond donors (Lipinski definition) is 2. The second kappa shape index (κ2) is 5.83. The first-order valence-corrected chi connectivity index (χ1v) is 7.50. The number of fused-ring (bicyclic) bond motifs is 1. The van der Waals surface area contributed by atoms with Crippen LogP contribution >= 0.6 is 0 Å². The van der Waals surface area contributed by atoms with Crippen molar-refractivity contribution in [3.8, 4) is 5.95 Å². The third-order valence-corrected chi connectivity index (χ3v) is 4.09. The molecule has 0 saturated heterocycles. The molecule has 2 aromatic heterocycles. The molecular weight excluding hydrogens is 292 g/mol. The van der Waals surface area contributed by atoms with Crippen LogP contribution in [0.2, 0.25) is 0 Å². The number of benzene rings is 1. The number of aryl methyl sites for hydroxylation is 3. The molecular formula is C18H20N2O3. The minimum Gasteiger partial charge on any atom is -0.468 e. The highest BCUT2D eigenvalue weighted by atomic mass is 16.6. The van der Waals surface area contributed by atoms with Gasteiger partial charge in [-0.1, -0.05) is 11.6 Å². The molecule has 2 heterocycles. The van der Waals surface area contributed by atoms with Gasteiger partial charge in [-0.05, 0) is 44.0 Å². The van der Waals surface area contributed by atoms with Gasteiger partial charge in [-0.25, -0.2) is 0 Å². The molecule has 0 bridgehead atoms. The van der Waals surface area contributed by atoms with E-state index in [0.717, 1.165) is 16.8 Å². The number of carbonyl (C=O) groups excluding carboxylic acids is 1. The predicted octanol–water partition coefficient (Wildman–Crippen LogP) is 3.62. The molecule has 1 aromatic carbocycles. The van der Waals surface area contributed by atoms with Gasteiger partial charge in [0.15, 0.2) is 5.76 Å². The number of ether oxygens (including phenoxy) is 1. The van der Waals surface area contributed by atoms with Gasteiger partial charge in [-0.15, -0.1) is 0 Å². The molecule has 0 radical (unpaired) electrons. The maximum Gasteiger partial charge on any atom is 0.287 e. The van der Waals surface area contributed by atoms with Gasteiger partial charge in [0.05, 0.1) is 12.6 Å². The van der Waals surface area contributed by atoms with Gasteiger partial charge in [-0.3, -0.25) is 4.79 Å². The molecule has 0 aliphatic carbocycles. The van der Waals surface area contributed by atoms with E-state index in [-0.39, 0.29) is 11.7 Å². The second-order valence-corrected chi connectivity index (χ2v) is 5.73. The lowest BCUT2D eigenvalue weighted by Crippen LogP contribution is -2.22. The van der Waals surface area contributed by atoms with Crippen molar-refractivity contribution in [2.45, 2.75) is 27.3 Å². The van der Waals surface area contributed by atoms with E-state index >= 15 is 0 Å². The summed E-state index contributed by atoms with van der Waals surface area (Å²) in [5.74, 6) is 0.302. The quantitative estimate of drug-likeness (QED) is 0.773. The van der Waals surface area contributed by atoms with Gasteiger partial charge < -0.3 is 19.5 Å². The number of aromatic amines is 1. The van der Waals surface area contributed by atoms with Gasteiger partial charge >= 0.3 is 0 Å². The number of rotatable bonds is 4.